The molecule has 0 aliphatic carbocycles. The quantitative estimate of drug-likeness (QED) is 0.620. The first-order chi connectivity index (χ1) is 15.5. The Morgan fingerprint density at radius 1 is 1.19 bits per heavy atom. The number of piperidine rings is 1. The van der Waals surface area contributed by atoms with Gasteiger partial charge in [-0.1, -0.05) is 29.8 Å². The number of nitrogens with one attached hydrogen (secondary N) is 1. The van der Waals surface area contributed by atoms with E-state index in [1.165, 1.54) is 10.7 Å². The van der Waals surface area contributed by atoms with Crippen molar-refractivity contribution in [3.63, 3.8) is 0 Å². The molecule has 1 atom stereocenters. The fourth-order valence-corrected chi connectivity index (χ4v) is 4.02. The molecule has 1 aromatic heterocycles. The van der Waals surface area contributed by atoms with Gasteiger partial charge in [0, 0.05) is 30.7 Å². The van der Waals surface area contributed by atoms with Crippen molar-refractivity contribution in [2.24, 2.45) is 5.92 Å². The van der Waals surface area contributed by atoms with Crippen molar-refractivity contribution in [2.75, 3.05) is 25.1 Å². The van der Waals surface area contributed by atoms with Crippen LogP contribution in [0.4, 0.5) is 5.82 Å². The van der Waals surface area contributed by atoms with Gasteiger partial charge in [-0.15, -0.1) is 5.10 Å². The third-order valence-corrected chi connectivity index (χ3v) is 5.82. The van der Waals surface area contributed by atoms with Gasteiger partial charge in [-0.3, -0.25) is 9.59 Å². The van der Waals surface area contributed by atoms with Crippen molar-refractivity contribution in [1.29, 1.82) is 0 Å². The van der Waals surface area contributed by atoms with Crippen LogP contribution in [0.2, 0.25) is 5.02 Å². The van der Waals surface area contributed by atoms with Gasteiger partial charge in [0.15, 0.2) is 0 Å². The first kappa shape index (κ1) is 21.9. The van der Waals surface area contributed by atoms with Crippen molar-refractivity contribution in [2.45, 2.75) is 19.4 Å². The van der Waals surface area contributed by atoms with Crippen molar-refractivity contribution >= 4 is 23.3 Å². The highest BCUT2D eigenvalue weighted by molar-refractivity contribution is 6.30. The molecule has 4 rings (SSSR count). The maximum Gasteiger partial charge on any atom is 0.271 e. The van der Waals surface area contributed by atoms with Gasteiger partial charge in [0.25, 0.3) is 5.56 Å². The summed E-state index contributed by atoms with van der Waals surface area (Å²) in [6.07, 6.45) is 1.69. The van der Waals surface area contributed by atoms with Gasteiger partial charge in [-0.05, 0) is 54.8 Å². The highest BCUT2D eigenvalue weighted by Gasteiger charge is 2.26. The fourth-order valence-electron chi connectivity index (χ4n) is 3.84. The molecular weight excluding hydrogens is 428 g/mol. The number of anilines is 1. The molecule has 2 heterocycles. The minimum atomic E-state index is -0.234. The number of aromatic nitrogens is 2. The summed E-state index contributed by atoms with van der Waals surface area (Å²) in [7, 11) is 1.63. The first-order valence-electron chi connectivity index (χ1n) is 10.6. The van der Waals surface area contributed by atoms with E-state index in [4.69, 9.17) is 16.3 Å². The lowest BCUT2D eigenvalue weighted by atomic mass is 9.97. The summed E-state index contributed by atoms with van der Waals surface area (Å²) in [6, 6.07) is 17.9. The molecule has 0 spiro atoms. The van der Waals surface area contributed by atoms with Crippen LogP contribution in [-0.2, 0) is 11.3 Å². The standard InChI is InChI=1S/C24H25ClN4O3/c1-32-21-9-7-17(8-10-21)15-26-24(31)18-4-3-13-28(16-18)22-11-12-23(30)29(27-22)20-6-2-5-19(25)14-20/h2,5-12,14,18H,3-4,13,15-16H2,1H3,(H,26,31)/t18-/m0/s1. The van der Waals surface area contributed by atoms with Crippen LogP contribution in [0.5, 0.6) is 5.75 Å². The van der Waals surface area contributed by atoms with Crippen LogP contribution < -0.4 is 20.5 Å². The maximum absolute atomic E-state index is 12.8. The lowest BCUT2D eigenvalue weighted by Crippen LogP contribution is -2.43. The van der Waals surface area contributed by atoms with Gasteiger partial charge in [-0.25, -0.2) is 0 Å². The van der Waals surface area contributed by atoms with Crippen LogP contribution in [0, 0.1) is 5.92 Å². The number of ether oxygens (including phenoxy) is 1. The Bertz CT molecular complexity index is 1150. The number of amides is 1. The van der Waals surface area contributed by atoms with E-state index in [2.05, 4.69) is 15.3 Å². The van der Waals surface area contributed by atoms with E-state index in [1.54, 1.807) is 37.4 Å². The van der Waals surface area contributed by atoms with E-state index in [0.29, 0.717) is 29.6 Å². The molecule has 0 unspecified atom stereocenters. The normalized spacial score (nSPS) is 15.9. The SMILES string of the molecule is COc1ccc(CNC(=O)[C@H]2CCCN(c3ccc(=O)n(-c4cccc(Cl)c4)n3)C2)cc1. The van der Waals surface area contributed by atoms with Crippen LogP contribution in [0.15, 0.2) is 65.5 Å². The second-order valence-electron chi connectivity index (χ2n) is 7.77. The molecule has 1 aliphatic heterocycles. The summed E-state index contributed by atoms with van der Waals surface area (Å²) >= 11 is 6.07. The number of carbonyl (C=O) groups excluding carboxylic acids is 1. The molecule has 32 heavy (non-hydrogen) atoms. The summed E-state index contributed by atoms with van der Waals surface area (Å²) in [5.74, 6) is 1.33. The van der Waals surface area contributed by atoms with E-state index in [0.717, 1.165) is 30.7 Å². The largest absolute Gasteiger partial charge is 0.497 e. The third kappa shape index (κ3) is 5.11. The van der Waals surface area contributed by atoms with Crippen molar-refractivity contribution in [3.8, 4) is 11.4 Å². The Hall–Kier alpha value is -3.32. The van der Waals surface area contributed by atoms with Gasteiger partial charge in [0.1, 0.15) is 11.6 Å². The Morgan fingerprint density at radius 2 is 2.00 bits per heavy atom. The highest BCUT2D eigenvalue weighted by Crippen LogP contribution is 2.22. The van der Waals surface area contributed by atoms with E-state index in [-0.39, 0.29) is 17.4 Å². The molecule has 3 aromatic rings. The lowest BCUT2D eigenvalue weighted by Gasteiger charge is -2.33. The van der Waals surface area contributed by atoms with Gasteiger partial charge in [-0.2, -0.15) is 4.68 Å². The molecule has 166 valence electrons. The molecule has 8 heteroatoms. The average Bonchev–Trinajstić information content (AvgIpc) is 2.83. The number of halogens is 1. The van der Waals surface area contributed by atoms with E-state index in [1.807, 2.05) is 24.3 Å². The molecule has 1 N–H and O–H groups in total. The molecule has 1 amide bonds. The number of methoxy groups -OCH3 is 1. The summed E-state index contributed by atoms with van der Waals surface area (Å²) < 4.78 is 6.51. The zero-order valence-electron chi connectivity index (χ0n) is 17.8. The number of carbonyl (C=O) groups is 1. The Morgan fingerprint density at radius 3 is 2.75 bits per heavy atom. The van der Waals surface area contributed by atoms with Crippen molar-refractivity contribution in [1.82, 2.24) is 15.1 Å². The first-order valence-corrected chi connectivity index (χ1v) is 10.9. The molecule has 0 radical (unpaired) electrons. The van der Waals surface area contributed by atoms with Crippen molar-refractivity contribution < 1.29 is 9.53 Å². The van der Waals surface area contributed by atoms with Gasteiger partial charge >= 0.3 is 0 Å². The van der Waals surface area contributed by atoms with Gasteiger partial charge in [0.05, 0.1) is 18.7 Å². The van der Waals surface area contributed by atoms with Crippen molar-refractivity contribution in [3.05, 3.63) is 81.6 Å². The van der Waals surface area contributed by atoms with Crippen LogP contribution in [0.3, 0.4) is 0 Å². The number of hydrogen-bond acceptors (Lipinski definition) is 5. The molecule has 7 nitrogen and oxygen atoms in total. The predicted octanol–water partition coefficient (Wildman–Crippen LogP) is 3.43. The lowest BCUT2D eigenvalue weighted by molar-refractivity contribution is -0.125. The van der Waals surface area contributed by atoms with Crippen LogP contribution in [0.25, 0.3) is 5.69 Å². The summed E-state index contributed by atoms with van der Waals surface area (Å²) in [6.45, 7) is 1.80. The number of nitrogens with zero attached hydrogens (tertiary/aromatic N) is 3. The molecule has 1 fully saturated rings. The Balaban J connectivity index is 1.43. The summed E-state index contributed by atoms with van der Waals surface area (Å²) in [5, 5.41) is 8.11. The molecule has 1 aliphatic rings. The van der Waals surface area contributed by atoms with E-state index >= 15 is 0 Å². The predicted molar refractivity (Wildman–Crippen MR) is 125 cm³/mol. The second kappa shape index (κ2) is 9.87. The Labute approximate surface area is 191 Å². The van der Waals surface area contributed by atoms with Crippen LogP contribution >= 0.6 is 11.6 Å². The zero-order valence-corrected chi connectivity index (χ0v) is 18.6. The van der Waals surface area contributed by atoms with Crippen LogP contribution in [-0.4, -0.2) is 35.9 Å². The minimum absolute atomic E-state index is 0.0219. The molecule has 2 aromatic carbocycles. The van der Waals surface area contributed by atoms with E-state index < -0.39 is 0 Å². The monoisotopic (exact) mass is 452 g/mol. The number of benzene rings is 2. The molecule has 0 bridgehead atoms. The zero-order chi connectivity index (χ0) is 22.5. The fraction of sp³-hybridized carbons (Fsp3) is 0.292. The average molecular weight is 453 g/mol. The smallest absolute Gasteiger partial charge is 0.271 e. The number of rotatable bonds is 6. The maximum atomic E-state index is 12.8. The summed E-state index contributed by atoms with van der Waals surface area (Å²) in [5.41, 5.74) is 1.39. The number of hydrogen-bond donors (Lipinski definition) is 1. The molecule has 0 saturated carbocycles. The molecule has 1 saturated heterocycles. The second-order valence-corrected chi connectivity index (χ2v) is 8.21. The third-order valence-electron chi connectivity index (χ3n) is 5.58. The highest BCUT2D eigenvalue weighted by atomic mass is 35.5. The van der Waals surface area contributed by atoms with Gasteiger partial charge in [0.2, 0.25) is 5.91 Å². The van der Waals surface area contributed by atoms with Crippen LogP contribution in [0.1, 0.15) is 18.4 Å². The topological polar surface area (TPSA) is 76.5 Å². The minimum Gasteiger partial charge on any atom is -0.497 e. The molecular formula is C24H25ClN4O3. The summed E-state index contributed by atoms with van der Waals surface area (Å²) in [4.78, 5) is 27.2. The Kier molecular flexibility index (Phi) is 6.75. The van der Waals surface area contributed by atoms with Gasteiger partial charge < -0.3 is 15.0 Å². The van der Waals surface area contributed by atoms with E-state index in [9.17, 15) is 9.59 Å².